The second-order valence-corrected chi connectivity index (χ2v) is 7.91. The third-order valence-corrected chi connectivity index (χ3v) is 5.70. The van der Waals surface area contributed by atoms with Crippen LogP contribution in [0.5, 0.6) is 5.75 Å². The summed E-state index contributed by atoms with van der Waals surface area (Å²) in [7, 11) is 0. The van der Waals surface area contributed by atoms with Gasteiger partial charge >= 0.3 is 11.9 Å². The number of fused-ring (bicyclic) bond motifs is 1. The number of hydrogen-bond acceptors (Lipinski definition) is 3. The van der Waals surface area contributed by atoms with E-state index in [0.29, 0.717) is 22.8 Å². The molecule has 0 radical (unpaired) electrons. The van der Waals surface area contributed by atoms with Gasteiger partial charge in [-0.15, -0.1) is 0 Å². The summed E-state index contributed by atoms with van der Waals surface area (Å²) in [6.45, 7) is 4.00. The van der Waals surface area contributed by atoms with Crippen LogP contribution in [-0.2, 0) is 4.79 Å². The van der Waals surface area contributed by atoms with Crippen molar-refractivity contribution in [2.24, 2.45) is 5.92 Å². The second-order valence-electron chi connectivity index (χ2n) is 7.91. The standard InChI is InChI=1S/C26H24O4/c1-16-7-3-11-19(15-16)26(29)30-22-14-6-10-18-9-5-12-20(24(18)22)23-17(2)8-4-13-21(23)25(27)28/h4-6,8-10,12-16H,3,7,11H2,1-2H3,(H,27,28). The van der Waals surface area contributed by atoms with Crippen LogP contribution >= 0.6 is 0 Å². The van der Waals surface area contributed by atoms with E-state index in [4.69, 9.17) is 4.74 Å². The molecule has 0 fully saturated rings. The van der Waals surface area contributed by atoms with E-state index in [-0.39, 0.29) is 11.5 Å². The first-order valence-corrected chi connectivity index (χ1v) is 10.2. The Bertz CT molecular complexity index is 1170. The fourth-order valence-corrected chi connectivity index (χ4v) is 4.26. The Labute approximate surface area is 175 Å². The van der Waals surface area contributed by atoms with Gasteiger partial charge in [0.15, 0.2) is 0 Å². The fourth-order valence-electron chi connectivity index (χ4n) is 4.26. The van der Waals surface area contributed by atoms with Crippen molar-refractivity contribution < 1.29 is 19.4 Å². The van der Waals surface area contributed by atoms with Crippen LogP contribution in [-0.4, -0.2) is 17.0 Å². The number of aromatic carboxylic acids is 1. The van der Waals surface area contributed by atoms with Gasteiger partial charge in [0.25, 0.3) is 0 Å². The van der Waals surface area contributed by atoms with Crippen LogP contribution < -0.4 is 4.74 Å². The predicted molar refractivity (Wildman–Crippen MR) is 118 cm³/mol. The SMILES string of the molecule is Cc1cccc(C(=O)O)c1-c1cccc2cccc(OC(=O)C3=CC(C)CCC3)c12. The number of allylic oxidation sites excluding steroid dienone is 1. The normalized spacial score (nSPS) is 16.2. The highest BCUT2D eigenvalue weighted by Gasteiger charge is 2.21. The summed E-state index contributed by atoms with van der Waals surface area (Å²) < 4.78 is 5.86. The van der Waals surface area contributed by atoms with E-state index < -0.39 is 5.97 Å². The van der Waals surface area contributed by atoms with Crippen LogP contribution in [0.2, 0.25) is 0 Å². The molecule has 4 nitrogen and oxygen atoms in total. The molecule has 4 heteroatoms. The maximum absolute atomic E-state index is 12.9. The first-order chi connectivity index (χ1) is 14.5. The van der Waals surface area contributed by atoms with Gasteiger partial charge in [-0.3, -0.25) is 0 Å². The van der Waals surface area contributed by atoms with Gasteiger partial charge in [0, 0.05) is 11.0 Å². The summed E-state index contributed by atoms with van der Waals surface area (Å²) in [5.74, 6) is -0.491. The minimum atomic E-state index is -0.985. The Balaban J connectivity index is 1.87. The van der Waals surface area contributed by atoms with Gasteiger partial charge in [0.05, 0.1) is 5.56 Å². The monoisotopic (exact) mass is 400 g/mol. The Morgan fingerprint density at radius 1 is 1.03 bits per heavy atom. The van der Waals surface area contributed by atoms with E-state index in [9.17, 15) is 14.7 Å². The maximum Gasteiger partial charge on any atom is 0.339 e. The van der Waals surface area contributed by atoms with Gasteiger partial charge in [-0.25, -0.2) is 9.59 Å². The molecule has 1 N–H and O–H groups in total. The van der Waals surface area contributed by atoms with Gasteiger partial charge < -0.3 is 9.84 Å². The number of esters is 1. The molecule has 0 aliphatic heterocycles. The molecular weight excluding hydrogens is 376 g/mol. The van der Waals surface area contributed by atoms with E-state index in [1.807, 2.05) is 49.4 Å². The summed E-state index contributed by atoms with van der Waals surface area (Å²) in [5.41, 5.74) is 3.19. The lowest BCUT2D eigenvalue weighted by Crippen LogP contribution is -2.15. The minimum Gasteiger partial charge on any atom is -0.478 e. The van der Waals surface area contributed by atoms with Crippen LogP contribution in [0.1, 0.15) is 42.1 Å². The number of carbonyl (C=O) groups excluding carboxylic acids is 1. The molecule has 1 aliphatic carbocycles. The van der Waals surface area contributed by atoms with Crippen LogP contribution in [0, 0.1) is 12.8 Å². The van der Waals surface area contributed by atoms with Gasteiger partial charge in [-0.05, 0) is 66.3 Å². The zero-order valence-electron chi connectivity index (χ0n) is 17.1. The number of ether oxygens (including phenoxy) is 1. The lowest BCUT2D eigenvalue weighted by atomic mass is 9.90. The van der Waals surface area contributed by atoms with Gasteiger partial charge in [0.1, 0.15) is 5.75 Å². The molecule has 3 aromatic carbocycles. The molecule has 3 aromatic rings. The lowest BCUT2D eigenvalue weighted by molar-refractivity contribution is -0.130. The molecule has 30 heavy (non-hydrogen) atoms. The Morgan fingerprint density at radius 3 is 2.50 bits per heavy atom. The maximum atomic E-state index is 12.9. The van der Waals surface area contributed by atoms with Crippen molar-refractivity contribution in [3.8, 4) is 16.9 Å². The molecule has 0 saturated carbocycles. The second kappa shape index (κ2) is 8.15. The molecule has 1 aliphatic rings. The van der Waals surface area contributed by atoms with Crippen molar-refractivity contribution >= 4 is 22.7 Å². The van der Waals surface area contributed by atoms with Crippen LogP contribution in [0.4, 0.5) is 0 Å². The number of carboxylic acids is 1. The average molecular weight is 400 g/mol. The Hall–Kier alpha value is -3.40. The Kier molecular flexibility index (Phi) is 5.40. The fraction of sp³-hybridized carbons (Fsp3) is 0.231. The highest BCUT2D eigenvalue weighted by molar-refractivity contribution is 6.07. The van der Waals surface area contributed by atoms with Gasteiger partial charge in [-0.2, -0.15) is 0 Å². The Morgan fingerprint density at radius 2 is 1.77 bits per heavy atom. The smallest absolute Gasteiger partial charge is 0.339 e. The largest absolute Gasteiger partial charge is 0.478 e. The summed E-state index contributed by atoms with van der Waals surface area (Å²) in [4.78, 5) is 24.8. The predicted octanol–water partition coefficient (Wildman–Crippen LogP) is 6.17. The molecule has 0 bridgehead atoms. The number of carbonyl (C=O) groups is 2. The highest BCUT2D eigenvalue weighted by Crippen LogP contribution is 2.39. The number of aryl methyl sites for hydroxylation is 1. The van der Waals surface area contributed by atoms with E-state index in [0.717, 1.165) is 41.2 Å². The van der Waals surface area contributed by atoms with Crippen LogP contribution in [0.15, 0.2) is 66.2 Å². The first-order valence-electron chi connectivity index (χ1n) is 10.2. The molecule has 0 saturated heterocycles. The van der Waals surface area contributed by atoms with E-state index in [2.05, 4.69) is 6.92 Å². The third-order valence-electron chi connectivity index (χ3n) is 5.70. The molecular formula is C26H24O4. The number of benzene rings is 3. The molecule has 0 heterocycles. The molecule has 152 valence electrons. The summed E-state index contributed by atoms with van der Waals surface area (Å²) >= 11 is 0. The van der Waals surface area contributed by atoms with Crippen molar-refractivity contribution in [3.63, 3.8) is 0 Å². The van der Waals surface area contributed by atoms with Crippen LogP contribution in [0.3, 0.4) is 0 Å². The van der Waals surface area contributed by atoms with Crippen molar-refractivity contribution in [2.45, 2.75) is 33.1 Å². The van der Waals surface area contributed by atoms with Crippen molar-refractivity contribution in [3.05, 3.63) is 77.4 Å². The van der Waals surface area contributed by atoms with E-state index in [1.54, 1.807) is 18.2 Å². The molecule has 1 atom stereocenters. The molecule has 0 amide bonds. The summed E-state index contributed by atoms with van der Waals surface area (Å²) in [6.07, 6.45) is 4.79. The first kappa shape index (κ1) is 19.9. The quantitative estimate of drug-likeness (QED) is 0.420. The summed E-state index contributed by atoms with van der Waals surface area (Å²) in [6, 6.07) is 16.5. The third kappa shape index (κ3) is 3.73. The molecule has 0 spiro atoms. The summed E-state index contributed by atoms with van der Waals surface area (Å²) in [5, 5.41) is 11.4. The van der Waals surface area contributed by atoms with Gasteiger partial charge in [-0.1, -0.05) is 55.5 Å². The molecule has 4 rings (SSSR count). The number of hydrogen-bond donors (Lipinski definition) is 1. The van der Waals surface area contributed by atoms with Crippen molar-refractivity contribution in [2.75, 3.05) is 0 Å². The minimum absolute atomic E-state index is 0.229. The zero-order chi connectivity index (χ0) is 21.3. The van der Waals surface area contributed by atoms with Gasteiger partial charge in [0.2, 0.25) is 0 Å². The molecule has 1 unspecified atom stereocenters. The van der Waals surface area contributed by atoms with E-state index >= 15 is 0 Å². The van der Waals surface area contributed by atoms with E-state index in [1.165, 1.54) is 0 Å². The highest BCUT2D eigenvalue weighted by atomic mass is 16.5. The topological polar surface area (TPSA) is 63.6 Å². The van der Waals surface area contributed by atoms with Crippen molar-refractivity contribution in [1.29, 1.82) is 0 Å². The zero-order valence-corrected chi connectivity index (χ0v) is 17.1. The van der Waals surface area contributed by atoms with Crippen molar-refractivity contribution in [1.82, 2.24) is 0 Å². The van der Waals surface area contributed by atoms with Crippen LogP contribution in [0.25, 0.3) is 21.9 Å². The molecule has 0 aromatic heterocycles. The lowest BCUT2D eigenvalue weighted by Gasteiger charge is -2.18. The number of rotatable bonds is 4. The number of carboxylic acid groups (broad SMARTS) is 1. The average Bonchev–Trinajstić information content (AvgIpc) is 2.73.